The number of nitrogens with zero attached hydrogens (tertiary/aromatic N) is 3. The second-order valence-corrected chi connectivity index (χ2v) is 7.37. The second kappa shape index (κ2) is 8.77. The van der Waals surface area contributed by atoms with E-state index in [9.17, 15) is 14.7 Å². The van der Waals surface area contributed by atoms with Crippen LogP contribution in [0.1, 0.15) is 31.0 Å². The molecule has 8 heteroatoms. The van der Waals surface area contributed by atoms with Crippen LogP contribution in [0.5, 0.6) is 11.5 Å². The van der Waals surface area contributed by atoms with Crippen LogP contribution in [0.2, 0.25) is 0 Å². The number of ether oxygens (including phenoxy) is 2. The summed E-state index contributed by atoms with van der Waals surface area (Å²) in [5.41, 5.74) is 1.18. The number of carbonyl (C=O) groups excluding carboxylic acids is 2. The molecule has 1 unspecified atom stereocenters. The minimum absolute atomic E-state index is 0.0645. The van der Waals surface area contributed by atoms with Gasteiger partial charge in [0.2, 0.25) is 6.79 Å². The largest absolute Gasteiger partial charge is 0.507 e. The van der Waals surface area contributed by atoms with Gasteiger partial charge < -0.3 is 24.4 Å². The van der Waals surface area contributed by atoms with E-state index in [4.69, 9.17) is 9.47 Å². The Morgan fingerprint density at radius 3 is 2.55 bits per heavy atom. The Morgan fingerprint density at radius 1 is 1.13 bits per heavy atom. The highest BCUT2D eigenvalue weighted by molar-refractivity contribution is 6.46. The van der Waals surface area contributed by atoms with Crippen molar-refractivity contribution in [2.24, 2.45) is 0 Å². The van der Waals surface area contributed by atoms with E-state index in [2.05, 4.69) is 23.7 Å². The smallest absolute Gasteiger partial charge is 0.295 e. The molecule has 31 heavy (non-hydrogen) atoms. The number of likely N-dealkylation sites (tertiary alicyclic amines) is 1. The molecule has 0 saturated carbocycles. The lowest BCUT2D eigenvalue weighted by atomic mass is 9.96. The van der Waals surface area contributed by atoms with Crippen molar-refractivity contribution < 1.29 is 24.2 Å². The third-order valence-electron chi connectivity index (χ3n) is 5.76. The first-order valence-corrected chi connectivity index (χ1v) is 10.4. The SMILES string of the molecule is CCN(CC)CCN1C(=O)C(=O)/C(=C(/O)c2ccc3c(c2)OCO3)C1c1ccncc1. The molecule has 1 aromatic heterocycles. The molecular weight excluding hydrogens is 398 g/mol. The van der Waals surface area contributed by atoms with Crippen molar-refractivity contribution in [1.29, 1.82) is 0 Å². The maximum Gasteiger partial charge on any atom is 0.295 e. The number of hydrogen-bond acceptors (Lipinski definition) is 7. The molecule has 2 aliphatic rings. The van der Waals surface area contributed by atoms with Crippen molar-refractivity contribution in [1.82, 2.24) is 14.8 Å². The van der Waals surface area contributed by atoms with E-state index in [-0.39, 0.29) is 18.1 Å². The number of amides is 1. The summed E-state index contributed by atoms with van der Waals surface area (Å²) < 4.78 is 10.7. The molecule has 0 aliphatic carbocycles. The highest BCUT2D eigenvalue weighted by Crippen LogP contribution is 2.41. The number of hydrogen-bond donors (Lipinski definition) is 1. The number of ketones is 1. The van der Waals surface area contributed by atoms with Gasteiger partial charge in [-0.2, -0.15) is 0 Å². The van der Waals surface area contributed by atoms with Gasteiger partial charge in [-0.05, 0) is 49.0 Å². The molecular formula is C23H25N3O5. The Hall–Kier alpha value is -3.39. The standard InChI is InChI=1S/C23H25N3O5/c1-3-25(4-2)11-12-26-20(15-7-9-24-10-8-15)19(22(28)23(26)29)21(27)16-5-6-17-18(13-16)31-14-30-17/h5-10,13,20,27H,3-4,11-12,14H2,1-2H3/b21-19+. The Bertz CT molecular complexity index is 1020. The fourth-order valence-electron chi connectivity index (χ4n) is 3.99. The fraction of sp³-hybridized carbons (Fsp3) is 0.348. The summed E-state index contributed by atoms with van der Waals surface area (Å²) in [4.78, 5) is 33.8. The molecule has 0 bridgehead atoms. The number of pyridine rings is 1. The van der Waals surface area contributed by atoms with Crippen molar-refractivity contribution in [2.75, 3.05) is 33.0 Å². The van der Waals surface area contributed by atoms with Gasteiger partial charge in [0, 0.05) is 31.0 Å². The lowest BCUT2D eigenvalue weighted by Gasteiger charge is -2.28. The average molecular weight is 423 g/mol. The molecule has 162 valence electrons. The topological polar surface area (TPSA) is 92.2 Å². The van der Waals surface area contributed by atoms with E-state index in [1.807, 2.05) is 0 Å². The second-order valence-electron chi connectivity index (χ2n) is 7.37. The zero-order valence-corrected chi connectivity index (χ0v) is 17.6. The number of benzene rings is 1. The van der Waals surface area contributed by atoms with Gasteiger partial charge in [0.15, 0.2) is 11.5 Å². The summed E-state index contributed by atoms with van der Waals surface area (Å²) in [5, 5.41) is 11.1. The number of aliphatic hydroxyl groups is 1. The lowest BCUT2D eigenvalue weighted by molar-refractivity contribution is -0.140. The van der Waals surface area contributed by atoms with Gasteiger partial charge in [-0.1, -0.05) is 13.8 Å². The zero-order chi connectivity index (χ0) is 22.0. The minimum Gasteiger partial charge on any atom is -0.507 e. The van der Waals surface area contributed by atoms with Crippen LogP contribution in [-0.4, -0.2) is 64.6 Å². The van der Waals surface area contributed by atoms with Crippen molar-refractivity contribution in [3.8, 4) is 11.5 Å². The van der Waals surface area contributed by atoms with Gasteiger partial charge in [-0.25, -0.2) is 0 Å². The summed E-state index contributed by atoms with van der Waals surface area (Å²) in [6.07, 6.45) is 3.22. The molecule has 1 fully saturated rings. The molecule has 1 N–H and O–H groups in total. The van der Waals surface area contributed by atoms with Crippen LogP contribution < -0.4 is 9.47 Å². The van der Waals surface area contributed by atoms with Gasteiger partial charge in [0.1, 0.15) is 5.76 Å². The van der Waals surface area contributed by atoms with Crippen LogP contribution >= 0.6 is 0 Å². The van der Waals surface area contributed by atoms with Crippen molar-refractivity contribution in [2.45, 2.75) is 19.9 Å². The number of likely N-dealkylation sites (N-methyl/N-ethyl adjacent to an activating group) is 1. The average Bonchev–Trinajstić information content (AvgIpc) is 3.37. The highest BCUT2D eigenvalue weighted by atomic mass is 16.7. The van der Waals surface area contributed by atoms with Crippen LogP contribution in [0.15, 0.2) is 48.3 Å². The van der Waals surface area contributed by atoms with Crippen LogP contribution in [0.4, 0.5) is 0 Å². The van der Waals surface area contributed by atoms with Crippen molar-refractivity contribution in [3.05, 3.63) is 59.4 Å². The Kier molecular flexibility index (Phi) is 5.90. The van der Waals surface area contributed by atoms with Gasteiger partial charge >= 0.3 is 0 Å². The summed E-state index contributed by atoms with van der Waals surface area (Å²) in [6.45, 7) is 6.90. The van der Waals surface area contributed by atoms with E-state index in [1.54, 1.807) is 42.7 Å². The third kappa shape index (κ3) is 3.86. The molecule has 2 aliphatic heterocycles. The fourth-order valence-corrected chi connectivity index (χ4v) is 3.99. The summed E-state index contributed by atoms with van der Waals surface area (Å²) in [6, 6.07) is 7.77. The predicted octanol–water partition coefficient (Wildman–Crippen LogP) is 2.57. The normalized spacial score (nSPS) is 19.5. The third-order valence-corrected chi connectivity index (χ3v) is 5.76. The molecule has 1 amide bonds. The maximum atomic E-state index is 13.0. The Morgan fingerprint density at radius 2 is 1.84 bits per heavy atom. The number of Topliss-reactive ketones (excluding diaryl/α,β-unsaturated/α-hetero) is 1. The summed E-state index contributed by atoms with van der Waals surface area (Å²) in [7, 11) is 0. The predicted molar refractivity (Wildman–Crippen MR) is 114 cm³/mol. The van der Waals surface area contributed by atoms with E-state index in [0.29, 0.717) is 30.2 Å². The van der Waals surface area contributed by atoms with Crippen molar-refractivity contribution >= 4 is 17.4 Å². The monoisotopic (exact) mass is 423 g/mol. The summed E-state index contributed by atoms with van der Waals surface area (Å²) in [5.74, 6) is -0.487. The van der Waals surface area contributed by atoms with E-state index in [1.165, 1.54) is 4.90 Å². The number of carbonyl (C=O) groups is 2. The van der Waals surface area contributed by atoms with Gasteiger partial charge in [0.05, 0.1) is 11.6 Å². The number of aliphatic hydroxyl groups excluding tert-OH is 1. The van der Waals surface area contributed by atoms with Crippen LogP contribution in [0.25, 0.3) is 5.76 Å². The molecule has 1 saturated heterocycles. The molecule has 1 aromatic carbocycles. The molecule has 0 radical (unpaired) electrons. The van der Waals surface area contributed by atoms with E-state index < -0.39 is 17.7 Å². The van der Waals surface area contributed by atoms with Gasteiger partial charge in [0.25, 0.3) is 11.7 Å². The molecule has 1 atom stereocenters. The molecule has 8 nitrogen and oxygen atoms in total. The van der Waals surface area contributed by atoms with Crippen LogP contribution in [-0.2, 0) is 9.59 Å². The minimum atomic E-state index is -0.698. The Balaban J connectivity index is 1.77. The molecule has 2 aromatic rings. The maximum absolute atomic E-state index is 13.0. The van der Waals surface area contributed by atoms with E-state index >= 15 is 0 Å². The number of fused-ring (bicyclic) bond motifs is 1. The first kappa shape index (κ1) is 20.9. The molecule has 4 rings (SSSR count). The van der Waals surface area contributed by atoms with Crippen LogP contribution in [0.3, 0.4) is 0 Å². The zero-order valence-electron chi connectivity index (χ0n) is 17.6. The highest BCUT2D eigenvalue weighted by Gasteiger charge is 2.46. The molecule has 3 heterocycles. The lowest BCUT2D eigenvalue weighted by Crippen LogP contribution is -2.38. The first-order chi connectivity index (χ1) is 15.0. The number of aromatic nitrogens is 1. The van der Waals surface area contributed by atoms with Gasteiger partial charge in [-0.3, -0.25) is 14.6 Å². The Labute approximate surface area is 180 Å². The van der Waals surface area contributed by atoms with E-state index in [0.717, 1.165) is 18.7 Å². The molecule has 0 spiro atoms. The van der Waals surface area contributed by atoms with Gasteiger partial charge in [-0.15, -0.1) is 0 Å². The van der Waals surface area contributed by atoms with Crippen molar-refractivity contribution in [3.63, 3.8) is 0 Å². The van der Waals surface area contributed by atoms with Crippen LogP contribution in [0, 0.1) is 0 Å². The quantitative estimate of drug-likeness (QED) is 0.416. The first-order valence-electron chi connectivity index (χ1n) is 10.4. The number of rotatable bonds is 7. The summed E-state index contributed by atoms with van der Waals surface area (Å²) >= 11 is 0.